The number of anilines is 2. The molecule has 48 heavy (non-hydrogen) atoms. The highest BCUT2D eigenvalue weighted by Gasteiger charge is 2.16. The van der Waals surface area contributed by atoms with Crippen LogP contribution in [-0.4, -0.2) is 69.1 Å². The van der Waals surface area contributed by atoms with Crippen LogP contribution in [0.1, 0.15) is 46.4 Å². The number of aromatic nitrogens is 2. The molecule has 0 saturated carbocycles. The second kappa shape index (κ2) is 14.2. The number of pyridine rings is 2. The Labute approximate surface area is 281 Å². The Hall–Kier alpha value is -5.28. The maximum Gasteiger partial charge on any atom is 0.253 e. The SMILES string of the molecule is CN(C)c1cccc2cc3cccc(C(=O)NCCCC(N)CCCNC(=O)c4cccc5cc6cccc(N(C)C)c6nc45)c3nc12. The summed E-state index contributed by atoms with van der Waals surface area (Å²) in [6, 6.07) is 27.8. The predicted molar refractivity (Wildman–Crippen MR) is 198 cm³/mol. The van der Waals surface area contributed by atoms with Crippen LogP contribution >= 0.6 is 0 Å². The summed E-state index contributed by atoms with van der Waals surface area (Å²) in [5.74, 6) is -0.278. The fraction of sp³-hybridized carbons (Fsp3) is 0.282. The molecule has 6 rings (SSSR count). The normalized spacial score (nSPS) is 11.5. The van der Waals surface area contributed by atoms with Crippen molar-refractivity contribution in [3.63, 3.8) is 0 Å². The van der Waals surface area contributed by atoms with Crippen molar-refractivity contribution in [2.45, 2.75) is 31.7 Å². The van der Waals surface area contributed by atoms with Gasteiger partial charge in [0, 0.05) is 68.9 Å². The summed E-state index contributed by atoms with van der Waals surface area (Å²) in [6.45, 7) is 1.04. The van der Waals surface area contributed by atoms with Crippen molar-refractivity contribution in [1.29, 1.82) is 0 Å². The topological polar surface area (TPSA) is 116 Å². The predicted octanol–water partition coefficient (Wildman–Crippen LogP) is 6.27. The molecule has 0 aliphatic rings. The molecule has 0 atom stereocenters. The molecule has 0 fully saturated rings. The zero-order chi connectivity index (χ0) is 33.8. The number of fused-ring (bicyclic) bond motifs is 4. The monoisotopic (exact) mass is 641 g/mol. The average Bonchev–Trinajstić information content (AvgIpc) is 3.08. The summed E-state index contributed by atoms with van der Waals surface area (Å²) in [7, 11) is 7.97. The van der Waals surface area contributed by atoms with Crippen LogP contribution in [0.4, 0.5) is 11.4 Å². The molecule has 0 radical (unpaired) electrons. The zero-order valence-electron chi connectivity index (χ0n) is 28.1. The Bertz CT molecular complexity index is 1970. The number of carbonyl (C=O) groups excluding carboxylic acids is 2. The summed E-state index contributed by atoms with van der Waals surface area (Å²) in [5, 5.41) is 10.1. The molecule has 0 aliphatic heterocycles. The minimum Gasteiger partial charge on any atom is -0.376 e. The molecule has 4 N–H and O–H groups in total. The van der Waals surface area contributed by atoms with E-state index in [4.69, 9.17) is 15.7 Å². The lowest BCUT2D eigenvalue weighted by Crippen LogP contribution is -2.29. The van der Waals surface area contributed by atoms with Crippen LogP contribution in [0.25, 0.3) is 43.6 Å². The van der Waals surface area contributed by atoms with Crippen molar-refractivity contribution in [2.75, 3.05) is 51.1 Å². The number of hydrogen-bond acceptors (Lipinski definition) is 7. The van der Waals surface area contributed by atoms with Gasteiger partial charge in [-0.15, -0.1) is 0 Å². The lowest BCUT2D eigenvalue weighted by atomic mass is 10.0. The second-order valence-electron chi connectivity index (χ2n) is 12.8. The van der Waals surface area contributed by atoms with Gasteiger partial charge in [-0.1, -0.05) is 48.5 Å². The van der Waals surface area contributed by atoms with Crippen molar-refractivity contribution in [1.82, 2.24) is 20.6 Å². The van der Waals surface area contributed by atoms with Gasteiger partial charge in [0.15, 0.2) is 0 Å². The highest BCUT2D eigenvalue weighted by Crippen LogP contribution is 2.30. The number of nitrogens with zero attached hydrogens (tertiary/aromatic N) is 4. The van der Waals surface area contributed by atoms with Gasteiger partial charge in [0.1, 0.15) is 0 Å². The van der Waals surface area contributed by atoms with E-state index in [0.29, 0.717) is 35.2 Å². The summed E-state index contributed by atoms with van der Waals surface area (Å²) in [5.41, 5.74) is 12.7. The third kappa shape index (κ3) is 6.87. The fourth-order valence-electron chi connectivity index (χ4n) is 6.29. The van der Waals surface area contributed by atoms with Gasteiger partial charge < -0.3 is 26.2 Å². The quantitative estimate of drug-likeness (QED) is 0.107. The number of rotatable bonds is 12. The molecular weight excluding hydrogens is 598 g/mol. The van der Waals surface area contributed by atoms with E-state index in [1.54, 1.807) is 0 Å². The highest BCUT2D eigenvalue weighted by molar-refractivity contribution is 6.10. The van der Waals surface area contributed by atoms with Crippen LogP contribution in [0.2, 0.25) is 0 Å². The first-order chi connectivity index (χ1) is 23.2. The molecule has 2 aromatic heterocycles. The van der Waals surface area contributed by atoms with Gasteiger partial charge in [0.05, 0.1) is 44.6 Å². The van der Waals surface area contributed by atoms with E-state index in [2.05, 4.69) is 22.8 Å². The van der Waals surface area contributed by atoms with Gasteiger partial charge in [-0.25, -0.2) is 9.97 Å². The third-order valence-electron chi connectivity index (χ3n) is 8.82. The molecule has 246 valence electrons. The average molecular weight is 642 g/mol. The number of nitrogens with one attached hydrogen (secondary N) is 2. The Balaban J connectivity index is 0.992. The van der Waals surface area contributed by atoms with Crippen LogP contribution < -0.4 is 26.2 Å². The number of benzene rings is 4. The Kier molecular flexibility index (Phi) is 9.68. The van der Waals surface area contributed by atoms with E-state index < -0.39 is 0 Å². The molecule has 0 unspecified atom stereocenters. The number of amides is 2. The van der Waals surface area contributed by atoms with Gasteiger partial charge in [0.25, 0.3) is 11.8 Å². The van der Waals surface area contributed by atoms with E-state index >= 15 is 0 Å². The molecule has 9 nitrogen and oxygen atoms in total. The van der Waals surface area contributed by atoms with E-state index in [-0.39, 0.29) is 17.9 Å². The minimum atomic E-state index is -0.139. The summed E-state index contributed by atoms with van der Waals surface area (Å²) in [6.07, 6.45) is 3.06. The van der Waals surface area contributed by atoms with Gasteiger partial charge in [-0.05, 0) is 62.1 Å². The van der Waals surface area contributed by atoms with E-state index in [9.17, 15) is 9.59 Å². The summed E-state index contributed by atoms with van der Waals surface area (Å²) in [4.78, 5) is 40.3. The summed E-state index contributed by atoms with van der Waals surface area (Å²) >= 11 is 0. The smallest absolute Gasteiger partial charge is 0.253 e. The van der Waals surface area contributed by atoms with E-state index in [1.165, 1.54) is 0 Å². The Morgan fingerprint density at radius 2 is 0.979 bits per heavy atom. The highest BCUT2D eigenvalue weighted by atomic mass is 16.2. The maximum absolute atomic E-state index is 13.2. The van der Waals surface area contributed by atoms with Crippen LogP contribution in [0.5, 0.6) is 0 Å². The van der Waals surface area contributed by atoms with Crippen molar-refractivity contribution in [2.24, 2.45) is 5.73 Å². The second-order valence-corrected chi connectivity index (χ2v) is 12.8. The van der Waals surface area contributed by atoms with Gasteiger partial charge in [-0.3, -0.25) is 9.59 Å². The molecule has 0 spiro atoms. The molecular formula is C39H43N7O2. The van der Waals surface area contributed by atoms with Crippen LogP contribution in [-0.2, 0) is 0 Å². The van der Waals surface area contributed by atoms with Crippen molar-refractivity contribution in [3.8, 4) is 0 Å². The number of carbonyl (C=O) groups is 2. The third-order valence-corrected chi connectivity index (χ3v) is 8.82. The fourth-order valence-corrected chi connectivity index (χ4v) is 6.29. The largest absolute Gasteiger partial charge is 0.376 e. The first-order valence-corrected chi connectivity index (χ1v) is 16.5. The van der Waals surface area contributed by atoms with Gasteiger partial charge in [-0.2, -0.15) is 0 Å². The Morgan fingerprint density at radius 1 is 0.604 bits per heavy atom. The standard InChI is InChI=1S/C39H43N7O2/c1-45(2)32-19-7-13-27-23-25-11-5-17-30(34(25)43-36(27)32)38(47)41-21-9-15-29(40)16-10-22-42-39(48)31-18-6-12-26-24-28-14-8-20-33(46(3)4)37(28)44-35(26)31/h5-8,11-14,17-20,23-24,29H,9-10,15-16,21-22,40H2,1-4H3,(H,41,47)(H,42,48). The van der Waals surface area contributed by atoms with E-state index in [1.807, 2.05) is 111 Å². The van der Waals surface area contributed by atoms with Crippen molar-refractivity contribution in [3.05, 3.63) is 96.1 Å². The lowest BCUT2D eigenvalue weighted by Gasteiger charge is -2.16. The lowest BCUT2D eigenvalue weighted by molar-refractivity contribution is 0.0947. The van der Waals surface area contributed by atoms with Crippen molar-refractivity contribution < 1.29 is 9.59 Å². The molecule has 2 amide bonds. The molecule has 9 heteroatoms. The molecule has 0 bridgehead atoms. The van der Waals surface area contributed by atoms with Crippen molar-refractivity contribution >= 4 is 66.8 Å². The van der Waals surface area contributed by atoms with E-state index in [0.717, 1.165) is 69.6 Å². The molecule has 2 heterocycles. The first-order valence-electron chi connectivity index (χ1n) is 16.5. The van der Waals surface area contributed by atoms with Crippen LogP contribution in [0.3, 0.4) is 0 Å². The van der Waals surface area contributed by atoms with Crippen LogP contribution in [0.15, 0.2) is 84.9 Å². The van der Waals surface area contributed by atoms with Crippen LogP contribution in [0, 0.1) is 0 Å². The maximum atomic E-state index is 13.2. The van der Waals surface area contributed by atoms with Gasteiger partial charge >= 0.3 is 0 Å². The molecule has 0 saturated heterocycles. The first kappa shape index (κ1) is 32.7. The van der Waals surface area contributed by atoms with Gasteiger partial charge in [0.2, 0.25) is 0 Å². The molecule has 0 aliphatic carbocycles. The minimum absolute atomic E-state index is 0.0242. The molecule has 4 aromatic carbocycles. The number of hydrogen-bond donors (Lipinski definition) is 3. The zero-order valence-corrected chi connectivity index (χ0v) is 28.1. The number of nitrogens with two attached hydrogens (primary N) is 1. The summed E-state index contributed by atoms with van der Waals surface area (Å²) < 4.78 is 0. The number of para-hydroxylation sites is 4. The molecule has 6 aromatic rings. The Morgan fingerprint density at radius 3 is 1.38 bits per heavy atom.